The highest BCUT2D eigenvalue weighted by atomic mass is 32.1. The molecule has 0 radical (unpaired) electrons. The van der Waals surface area contributed by atoms with Crippen LogP contribution in [0.2, 0.25) is 0 Å². The first-order valence-electron chi connectivity index (χ1n) is 11.7. The van der Waals surface area contributed by atoms with Crippen LogP contribution >= 0.6 is 11.3 Å². The molecule has 0 aliphatic carbocycles. The third kappa shape index (κ3) is 6.82. The number of thiophene rings is 1. The lowest BCUT2D eigenvalue weighted by atomic mass is 10.1. The van der Waals surface area contributed by atoms with E-state index in [1.165, 1.54) is 31.3 Å². The molecule has 2 N–H and O–H groups in total. The van der Waals surface area contributed by atoms with Gasteiger partial charge in [0.15, 0.2) is 11.9 Å². The highest BCUT2D eigenvalue weighted by molar-refractivity contribution is 7.22. The van der Waals surface area contributed by atoms with Crippen LogP contribution in [0.15, 0.2) is 46.1 Å². The summed E-state index contributed by atoms with van der Waals surface area (Å²) in [4.78, 5) is 31.5. The molecule has 41 heavy (non-hydrogen) atoms. The summed E-state index contributed by atoms with van der Waals surface area (Å²) in [5.74, 6) is -0.272. The molecule has 220 valence electrons. The minimum Gasteiger partial charge on any atom is -0.485 e. The maximum Gasteiger partial charge on any atom is 0.573 e. The molecule has 0 bridgehead atoms. The highest BCUT2D eigenvalue weighted by Crippen LogP contribution is 2.40. The maximum atomic E-state index is 13.0. The van der Waals surface area contributed by atoms with Gasteiger partial charge in [-0.1, -0.05) is 0 Å². The van der Waals surface area contributed by atoms with E-state index in [-0.39, 0.29) is 33.7 Å². The summed E-state index contributed by atoms with van der Waals surface area (Å²) in [6.45, 7) is 3.84. The van der Waals surface area contributed by atoms with Crippen LogP contribution < -0.4 is 25.5 Å². The number of fused-ring (bicyclic) bond motifs is 1. The average molecular weight is 606 g/mol. The van der Waals surface area contributed by atoms with Gasteiger partial charge in [0, 0.05) is 16.6 Å². The van der Waals surface area contributed by atoms with Gasteiger partial charge in [-0.05, 0) is 56.7 Å². The van der Waals surface area contributed by atoms with E-state index in [0.717, 1.165) is 23.5 Å². The lowest BCUT2D eigenvalue weighted by Gasteiger charge is -2.16. The topological polar surface area (TPSA) is 116 Å². The summed E-state index contributed by atoms with van der Waals surface area (Å²) in [6.07, 6.45) is -11.7. The number of aromatic nitrogens is 3. The van der Waals surface area contributed by atoms with Gasteiger partial charge in [-0.2, -0.15) is 13.2 Å². The number of nitrogens with zero attached hydrogens (tertiary/aromatic N) is 2. The van der Waals surface area contributed by atoms with Gasteiger partial charge in [-0.25, -0.2) is 9.78 Å². The summed E-state index contributed by atoms with van der Waals surface area (Å²) in [5, 5.41) is 9.52. The molecule has 16 heteroatoms. The van der Waals surface area contributed by atoms with Gasteiger partial charge in [-0.3, -0.25) is 14.3 Å². The van der Waals surface area contributed by atoms with Gasteiger partial charge >= 0.3 is 18.2 Å². The number of pyridine rings is 1. The molecule has 0 spiro atoms. The molecule has 3 heterocycles. The molecular weight excluding hydrogens is 584 g/mol. The number of hydrogen-bond donors (Lipinski definition) is 2. The number of benzene rings is 1. The first kappa shape index (κ1) is 29.9. The molecule has 9 nitrogen and oxygen atoms in total. The summed E-state index contributed by atoms with van der Waals surface area (Å²) >= 11 is 0.850. The Hall–Kier alpha value is -4.05. The Bertz CT molecular complexity index is 1680. The molecular formula is C25H21F6N3O6S. The summed E-state index contributed by atoms with van der Waals surface area (Å²) in [6, 6.07) is 6.06. The fraction of sp³-hybridized carbons (Fsp3) is 0.320. The van der Waals surface area contributed by atoms with Crippen LogP contribution in [-0.4, -0.2) is 44.4 Å². The third-order valence-corrected chi connectivity index (χ3v) is 6.88. The number of nitrogens with one attached hydrogen (secondary N) is 1. The Morgan fingerprint density at radius 3 is 2.29 bits per heavy atom. The molecule has 4 rings (SSSR count). The van der Waals surface area contributed by atoms with Crippen molar-refractivity contribution in [1.82, 2.24) is 14.5 Å². The average Bonchev–Trinajstić information content (AvgIpc) is 3.19. The van der Waals surface area contributed by atoms with E-state index in [0.29, 0.717) is 20.6 Å². The highest BCUT2D eigenvalue weighted by Gasteiger charge is 2.39. The third-order valence-electron chi connectivity index (χ3n) is 5.51. The van der Waals surface area contributed by atoms with Crippen molar-refractivity contribution in [2.45, 2.75) is 52.1 Å². The molecule has 0 aliphatic heterocycles. The van der Waals surface area contributed by atoms with Crippen LogP contribution in [0, 0.1) is 6.92 Å². The molecule has 0 aliphatic rings. The number of rotatable bonds is 8. The molecule has 0 unspecified atom stereocenters. The first-order chi connectivity index (χ1) is 19.0. The Morgan fingerprint density at radius 2 is 1.71 bits per heavy atom. The predicted molar refractivity (Wildman–Crippen MR) is 136 cm³/mol. The Labute approximate surface area is 230 Å². The van der Waals surface area contributed by atoms with Crippen molar-refractivity contribution in [3.63, 3.8) is 0 Å². The molecule has 4 aromatic rings. The van der Waals surface area contributed by atoms with Crippen molar-refractivity contribution < 1.29 is 45.7 Å². The van der Waals surface area contributed by atoms with E-state index in [9.17, 15) is 41.0 Å². The van der Waals surface area contributed by atoms with E-state index < -0.39 is 42.2 Å². The molecule has 1 aromatic carbocycles. The van der Waals surface area contributed by atoms with E-state index in [1.807, 2.05) is 4.98 Å². The van der Waals surface area contributed by atoms with Crippen LogP contribution in [0.5, 0.6) is 23.1 Å². The lowest BCUT2D eigenvalue weighted by Crippen LogP contribution is -2.38. The SMILES string of the molecule is Cc1c(-c2cnc(Oc3ccc(OC(F)(F)F)cc3)c(OC(C)C)c2)sc2c1c(=O)[nH]c(=O)n2C[C@@H](O)C(F)(F)F. The first-order valence-corrected chi connectivity index (χ1v) is 12.6. The van der Waals surface area contributed by atoms with Crippen LogP contribution in [0.1, 0.15) is 19.4 Å². The molecule has 0 amide bonds. The van der Waals surface area contributed by atoms with Gasteiger partial charge in [0.2, 0.25) is 0 Å². The molecule has 0 fully saturated rings. The predicted octanol–water partition coefficient (Wildman–Crippen LogP) is 5.52. The number of alkyl halides is 6. The number of halogens is 6. The number of aliphatic hydroxyl groups excluding tert-OH is 1. The number of aryl methyl sites for hydroxylation is 1. The largest absolute Gasteiger partial charge is 0.573 e. The van der Waals surface area contributed by atoms with Gasteiger partial charge in [-0.15, -0.1) is 24.5 Å². The number of aromatic amines is 1. The quantitative estimate of drug-likeness (QED) is 0.254. The molecule has 1 atom stereocenters. The van der Waals surface area contributed by atoms with Gasteiger partial charge in [0.1, 0.15) is 16.3 Å². The minimum atomic E-state index is -4.99. The van der Waals surface area contributed by atoms with Crippen LogP contribution in [0.3, 0.4) is 0 Å². The van der Waals surface area contributed by atoms with Crippen LogP contribution in [0.25, 0.3) is 20.7 Å². The zero-order valence-electron chi connectivity index (χ0n) is 21.4. The maximum absolute atomic E-state index is 13.0. The Morgan fingerprint density at radius 1 is 1.07 bits per heavy atom. The zero-order chi connectivity index (χ0) is 30.3. The smallest absolute Gasteiger partial charge is 0.485 e. The van der Waals surface area contributed by atoms with Crippen molar-refractivity contribution in [2.24, 2.45) is 0 Å². The van der Waals surface area contributed by atoms with Crippen molar-refractivity contribution in [3.05, 3.63) is 62.9 Å². The summed E-state index contributed by atoms with van der Waals surface area (Å²) in [7, 11) is 0. The Kier molecular flexibility index (Phi) is 8.09. The molecule has 0 saturated carbocycles. The van der Waals surface area contributed by atoms with Gasteiger partial charge < -0.3 is 19.3 Å². The van der Waals surface area contributed by atoms with Crippen molar-refractivity contribution >= 4 is 21.6 Å². The van der Waals surface area contributed by atoms with Crippen LogP contribution in [-0.2, 0) is 6.54 Å². The lowest BCUT2D eigenvalue weighted by molar-refractivity contribution is -0.274. The normalized spacial score (nSPS) is 13.0. The fourth-order valence-corrected chi connectivity index (χ4v) is 5.08. The standard InChI is InChI=1S/C25H21F6N3O6S/c1-11(2)38-16-8-13(9-32-21(16)39-14-4-6-15(7-5-14)40-25(29,30)31)19-12(3)18-20(36)33-23(37)34(22(18)41-19)10-17(35)24(26,27)28/h4-9,11,17,35H,10H2,1-3H3,(H,33,36,37)/t17-/m1/s1. The monoisotopic (exact) mass is 605 g/mol. The zero-order valence-corrected chi connectivity index (χ0v) is 22.2. The minimum absolute atomic E-state index is 0.0354. The van der Waals surface area contributed by atoms with E-state index in [1.54, 1.807) is 13.8 Å². The Balaban J connectivity index is 1.75. The van der Waals surface area contributed by atoms with E-state index >= 15 is 0 Å². The second kappa shape index (κ2) is 11.1. The van der Waals surface area contributed by atoms with Crippen LogP contribution in [0.4, 0.5) is 26.3 Å². The van der Waals surface area contributed by atoms with E-state index in [4.69, 9.17) is 9.47 Å². The van der Waals surface area contributed by atoms with Crippen molar-refractivity contribution in [1.29, 1.82) is 0 Å². The summed E-state index contributed by atoms with van der Waals surface area (Å²) in [5.41, 5.74) is -1.22. The number of aliphatic hydroxyl groups is 1. The second-order valence-electron chi connectivity index (χ2n) is 8.98. The molecule has 0 saturated heterocycles. The van der Waals surface area contributed by atoms with Crippen molar-refractivity contribution in [2.75, 3.05) is 0 Å². The van der Waals surface area contributed by atoms with Gasteiger partial charge in [0.25, 0.3) is 11.4 Å². The summed E-state index contributed by atoms with van der Waals surface area (Å²) < 4.78 is 92.3. The fourth-order valence-electron chi connectivity index (χ4n) is 3.78. The number of H-pyrrole nitrogens is 1. The van der Waals surface area contributed by atoms with Crippen molar-refractivity contribution in [3.8, 4) is 33.6 Å². The molecule has 3 aromatic heterocycles. The van der Waals surface area contributed by atoms with Gasteiger partial charge in [0.05, 0.1) is 18.0 Å². The second-order valence-corrected chi connectivity index (χ2v) is 9.98. The number of ether oxygens (including phenoxy) is 3. The number of hydrogen-bond acceptors (Lipinski definition) is 8. The van der Waals surface area contributed by atoms with E-state index in [2.05, 4.69) is 9.72 Å².